The number of fused-ring (bicyclic) bond motifs is 2. The van der Waals surface area contributed by atoms with Crippen molar-refractivity contribution in [2.45, 2.75) is 40.0 Å². The number of amidine groups is 1. The second-order valence-corrected chi connectivity index (χ2v) is 9.31. The van der Waals surface area contributed by atoms with E-state index >= 15 is 0 Å². The van der Waals surface area contributed by atoms with Crippen LogP contribution in [0.2, 0.25) is 0 Å². The number of methoxy groups -OCH3 is 1. The van der Waals surface area contributed by atoms with Gasteiger partial charge in [0.05, 0.1) is 12.0 Å². The Morgan fingerprint density at radius 1 is 1.22 bits per heavy atom. The maximum absolute atomic E-state index is 12.2. The molecule has 27 heavy (non-hydrogen) atoms. The predicted octanol–water partition coefficient (Wildman–Crippen LogP) is 4.46. The fourth-order valence-electron chi connectivity index (χ4n) is 4.51. The lowest BCUT2D eigenvalue weighted by molar-refractivity contribution is -0.115. The summed E-state index contributed by atoms with van der Waals surface area (Å²) in [6, 6.07) is 7.60. The van der Waals surface area contributed by atoms with Crippen LogP contribution < -0.4 is 10.1 Å². The molecule has 0 unspecified atom stereocenters. The summed E-state index contributed by atoms with van der Waals surface area (Å²) in [5.41, 5.74) is 2.52. The third-order valence-electron chi connectivity index (χ3n) is 6.84. The third kappa shape index (κ3) is 3.00. The first-order valence-corrected chi connectivity index (χ1v) is 10.1. The summed E-state index contributed by atoms with van der Waals surface area (Å²) in [5.74, 6) is 1.35. The minimum Gasteiger partial charge on any atom is -0.497 e. The molecule has 142 valence electrons. The summed E-state index contributed by atoms with van der Waals surface area (Å²) in [6.45, 7) is 7.01. The van der Waals surface area contributed by atoms with Crippen LogP contribution in [0.5, 0.6) is 5.75 Å². The van der Waals surface area contributed by atoms with Crippen LogP contribution >= 0.6 is 11.8 Å². The molecule has 1 aromatic carbocycles. The number of nitrogens with one attached hydrogen (secondary N) is 1. The van der Waals surface area contributed by atoms with Crippen molar-refractivity contribution in [3.63, 3.8) is 0 Å². The molecule has 0 radical (unpaired) electrons. The zero-order valence-corrected chi connectivity index (χ0v) is 17.0. The smallest absolute Gasteiger partial charge is 0.264 e. The van der Waals surface area contributed by atoms with Gasteiger partial charge in [0.25, 0.3) is 5.91 Å². The van der Waals surface area contributed by atoms with Gasteiger partial charge in [0, 0.05) is 11.1 Å². The highest BCUT2D eigenvalue weighted by Crippen LogP contribution is 2.64. The maximum atomic E-state index is 12.2. The fourth-order valence-corrected chi connectivity index (χ4v) is 5.28. The van der Waals surface area contributed by atoms with Crippen molar-refractivity contribution in [3.8, 4) is 5.75 Å². The molecule has 2 aliphatic carbocycles. The Kier molecular flexibility index (Phi) is 4.41. The molecule has 0 aromatic heterocycles. The monoisotopic (exact) mass is 383 g/mol. The lowest BCUT2D eigenvalue weighted by Gasteiger charge is -2.34. The Bertz CT molecular complexity index is 870. The van der Waals surface area contributed by atoms with E-state index in [4.69, 9.17) is 4.74 Å². The number of carbonyl (C=O) groups excluding carboxylic acids is 1. The van der Waals surface area contributed by atoms with Gasteiger partial charge < -0.3 is 4.74 Å². The molecule has 2 atom stereocenters. The first-order chi connectivity index (χ1) is 12.8. The second-order valence-electron chi connectivity index (χ2n) is 8.28. The van der Waals surface area contributed by atoms with Crippen LogP contribution in [0.25, 0.3) is 6.08 Å². The molecule has 3 aliphatic rings. The normalized spacial score (nSPS) is 33.3. The largest absolute Gasteiger partial charge is 0.497 e. The zero-order chi connectivity index (χ0) is 19.2. The van der Waals surface area contributed by atoms with Gasteiger partial charge in [-0.2, -0.15) is 5.10 Å². The van der Waals surface area contributed by atoms with Gasteiger partial charge in [0.15, 0.2) is 5.17 Å². The van der Waals surface area contributed by atoms with Crippen LogP contribution in [0, 0.1) is 16.7 Å². The Morgan fingerprint density at radius 2 is 1.96 bits per heavy atom. The molecule has 1 amide bonds. The predicted molar refractivity (Wildman–Crippen MR) is 111 cm³/mol. The fraction of sp³-hybridized carbons (Fsp3) is 0.476. The van der Waals surface area contributed by atoms with Crippen molar-refractivity contribution < 1.29 is 9.53 Å². The van der Waals surface area contributed by atoms with Crippen molar-refractivity contribution in [2.75, 3.05) is 7.11 Å². The number of ether oxygens (including phenoxy) is 1. The van der Waals surface area contributed by atoms with E-state index in [1.165, 1.54) is 30.3 Å². The zero-order valence-electron chi connectivity index (χ0n) is 16.2. The summed E-state index contributed by atoms with van der Waals surface area (Å²) >= 11 is 1.34. The van der Waals surface area contributed by atoms with Crippen molar-refractivity contribution in [2.24, 2.45) is 27.0 Å². The summed E-state index contributed by atoms with van der Waals surface area (Å²) in [5, 5.41) is 12.3. The molecule has 0 spiro atoms. The van der Waals surface area contributed by atoms with Crippen molar-refractivity contribution in [1.29, 1.82) is 0 Å². The molecule has 3 fully saturated rings. The summed E-state index contributed by atoms with van der Waals surface area (Å²) in [6.07, 6.45) is 5.33. The summed E-state index contributed by atoms with van der Waals surface area (Å²) in [7, 11) is 1.63. The first kappa shape index (κ1) is 18.3. The highest BCUT2D eigenvalue weighted by Gasteiger charge is 2.60. The number of hydrogen-bond donors (Lipinski definition) is 1. The molecule has 5 nitrogen and oxygen atoms in total. The molecule has 1 heterocycles. The van der Waals surface area contributed by atoms with E-state index in [-0.39, 0.29) is 16.7 Å². The number of nitrogens with zero attached hydrogens (tertiary/aromatic N) is 2. The average molecular weight is 384 g/mol. The maximum Gasteiger partial charge on any atom is 0.264 e. The Morgan fingerprint density at radius 3 is 2.56 bits per heavy atom. The van der Waals surface area contributed by atoms with E-state index in [1.807, 2.05) is 30.3 Å². The van der Waals surface area contributed by atoms with E-state index in [1.54, 1.807) is 7.11 Å². The van der Waals surface area contributed by atoms with Gasteiger partial charge in [-0.3, -0.25) is 10.1 Å². The topological polar surface area (TPSA) is 63.1 Å². The molecule has 6 heteroatoms. The number of benzene rings is 1. The van der Waals surface area contributed by atoms with Crippen molar-refractivity contribution in [3.05, 3.63) is 34.7 Å². The number of hydrogen-bond acceptors (Lipinski definition) is 5. The van der Waals surface area contributed by atoms with Gasteiger partial charge in [-0.05, 0) is 66.1 Å². The average Bonchev–Trinajstić information content (AvgIpc) is 3.17. The minimum atomic E-state index is -0.130. The van der Waals surface area contributed by atoms with Crippen LogP contribution in [-0.4, -0.2) is 23.9 Å². The van der Waals surface area contributed by atoms with E-state index < -0.39 is 0 Å². The molecule has 1 saturated heterocycles. The van der Waals surface area contributed by atoms with Gasteiger partial charge in [0.1, 0.15) is 5.75 Å². The highest BCUT2D eigenvalue weighted by atomic mass is 32.2. The first-order valence-electron chi connectivity index (χ1n) is 9.33. The highest BCUT2D eigenvalue weighted by molar-refractivity contribution is 8.18. The van der Waals surface area contributed by atoms with E-state index in [0.717, 1.165) is 17.7 Å². The standard InChI is InChI=1S/C21H25N3O2S/c1-20(2)14-9-10-21(20,3)17(12-14)23-24-19-22-18(25)16(27-19)11-13-5-7-15(26-4)8-6-13/h5-8,11,14H,9-10,12H2,1-4H3,(H,22,24,25)/b16-11+,23-17-/t14-,21-/m1/s1. The molecular formula is C21H25N3O2S. The molecule has 2 saturated carbocycles. The molecular weight excluding hydrogens is 358 g/mol. The van der Waals surface area contributed by atoms with Crippen molar-refractivity contribution in [1.82, 2.24) is 5.32 Å². The summed E-state index contributed by atoms with van der Waals surface area (Å²) < 4.78 is 5.16. The molecule has 1 N–H and O–H groups in total. The SMILES string of the molecule is COc1ccc(/C=C2/S/C(=N/N=C3/C[C@H]4CC[C@@]3(C)C4(C)C)NC2=O)cc1. The van der Waals surface area contributed by atoms with Gasteiger partial charge in [-0.15, -0.1) is 5.10 Å². The van der Waals surface area contributed by atoms with Crippen LogP contribution in [0.4, 0.5) is 0 Å². The number of thioether (sulfide) groups is 1. The molecule has 1 aromatic rings. The second kappa shape index (κ2) is 6.51. The van der Waals surface area contributed by atoms with Crippen LogP contribution in [0.3, 0.4) is 0 Å². The van der Waals surface area contributed by atoms with Gasteiger partial charge in [-0.1, -0.05) is 32.9 Å². The quantitative estimate of drug-likeness (QED) is 0.619. The Hall–Kier alpha value is -2.08. The van der Waals surface area contributed by atoms with E-state index in [9.17, 15) is 4.79 Å². The van der Waals surface area contributed by atoms with Crippen molar-refractivity contribution >= 4 is 34.6 Å². The Labute approximate surface area is 164 Å². The number of amides is 1. The number of rotatable bonds is 3. The van der Waals surface area contributed by atoms with Gasteiger partial charge in [-0.25, -0.2) is 0 Å². The van der Waals surface area contributed by atoms with Crippen LogP contribution in [-0.2, 0) is 4.79 Å². The van der Waals surface area contributed by atoms with Crippen LogP contribution in [0.15, 0.2) is 39.4 Å². The molecule has 2 bridgehead atoms. The van der Waals surface area contributed by atoms with E-state index in [0.29, 0.717) is 16.0 Å². The lowest BCUT2D eigenvalue weighted by Crippen LogP contribution is -2.32. The molecule has 4 rings (SSSR count). The van der Waals surface area contributed by atoms with Gasteiger partial charge >= 0.3 is 0 Å². The van der Waals surface area contributed by atoms with Crippen LogP contribution in [0.1, 0.15) is 45.6 Å². The lowest BCUT2D eigenvalue weighted by atomic mass is 9.70. The minimum absolute atomic E-state index is 0.122. The molecule has 1 aliphatic heterocycles. The third-order valence-corrected chi connectivity index (χ3v) is 7.74. The summed E-state index contributed by atoms with van der Waals surface area (Å²) in [4.78, 5) is 12.9. The van der Waals surface area contributed by atoms with E-state index in [2.05, 4.69) is 36.3 Å². The number of carbonyl (C=O) groups is 1. The van der Waals surface area contributed by atoms with Gasteiger partial charge in [0.2, 0.25) is 0 Å². The Balaban J connectivity index is 1.52.